The molecule has 1 aromatic carbocycles. The molecule has 1 N–H and O–H groups in total. The van der Waals surface area contributed by atoms with E-state index in [9.17, 15) is 13.2 Å². The predicted molar refractivity (Wildman–Crippen MR) is 101 cm³/mol. The van der Waals surface area contributed by atoms with Crippen molar-refractivity contribution in [3.05, 3.63) is 29.8 Å². The summed E-state index contributed by atoms with van der Waals surface area (Å²) in [6.45, 7) is 6.89. The summed E-state index contributed by atoms with van der Waals surface area (Å²) in [6, 6.07) is 7.22. The van der Waals surface area contributed by atoms with Gasteiger partial charge in [-0.3, -0.25) is 4.79 Å². The highest BCUT2D eigenvalue weighted by molar-refractivity contribution is 7.87. The van der Waals surface area contributed by atoms with Gasteiger partial charge in [-0.1, -0.05) is 31.5 Å². The maximum absolute atomic E-state index is 12.5. The van der Waals surface area contributed by atoms with Gasteiger partial charge in [0.25, 0.3) is 16.1 Å². The molecular weight excluding hydrogens is 354 g/mol. The topological polar surface area (TPSA) is 79.0 Å². The van der Waals surface area contributed by atoms with E-state index in [0.29, 0.717) is 18.8 Å². The second kappa shape index (κ2) is 8.37. The highest BCUT2D eigenvalue weighted by Crippen LogP contribution is 2.25. The number of ether oxygens (including phenoxy) is 1. The number of hydrogen-bond acceptors (Lipinski definition) is 4. The van der Waals surface area contributed by atoms with E-state index < -0.39 is 10.2 Å². The van der Waals surface area contributed by atoms with Gasteiger partial charge < -0.3 is 9.64 Å². The maximum atomic E-state index is 12.5. The molecule has 7 nitrogen and oxygen atoms in total. The summed E-state index contributed by atoms with van der Waals surface area (Å²) in [7, 11) is -0.570. The molecule has 1 aromatic rings. The predicted octanol–water partition coefficient (Wildman–Crippen LogP) is 1.25. The van der Waals surface area contributed by atoms with Crippen LogP contribution >= 0.6 is 0 Å². The summed E-state index contributed by atoms with van der Waals surface area (Å²) in [5.74, 6) is 0.824. The van der Waals surface area contributed by atoms with Gasteiger partial charge in [0.2, 0.25) is 0 Å². The molecule has 1 aliphatic rings. The minimum atomic E-state index is -3.54. The van der Waals surface area contributed by atoms with Crippen LogP contribution in [0.4, 0.5) is 0 Å². The van der Waals surface area contributed by atoms with Gasteiger partial charge in [0.1, 0.15) is 5.75 Å². The SMILES string of the molecule is Cc1ccc(OCC(=O)N2CC(NS(=O)(=O)N(C)C)C(C(C)C)C2)cc1. The molecule has 1 saturated heterocycles. The van der Waals surface area contributed by atoms with Gasteiger partial charge in [0.05, 0.1) is 0 Å². The molecular formula is C18H29N3O4S. The summed E-state index contributed by atoms with van der Waals surface area (Å²) in [5, 5.41) is 0. The zero-order valence-corrected chi connectivity index (χ0v) is 16.9. The summed E-state index contributed by atoms with van der Waals surface area (Å²) < 4.78 is 33.7. The molecule has 1 fully saturated rings. The van der Waals surface area contributed by atoms with Crippen LogP contribution in [0.2, 0.25) is 0 Å². The number of benzene rings is 1. The molecule has 1 amide bonds. The Labute approximate surface area is 156 Å². The lowest BCUT2D eigenvalue weighted by atomic mass is 9.92. The number of aryl methyl sites for hydroxylation is 1. The average molecular weight is 384 g/mol. The van der Waals surface area contributed by atoms with Gasteiger partial charge in [-0.25, -0.2) is 0 Å². The minimum Gasteiger partial charge on any atom is -0.484 e. The van der Waals surface area contributed by atoms with Crippen molar-refractivity contribution >= 4 is 16.1 Å². The molecule has 146 valence electrons. The van der Waals surface area contributed by atoms with Gasteiger partial charge in [-0.05, 0) is 30.9 Å². The Morgan fingerprint density at radius 1 is 1.27 bits per heavy atom. The smallest absolute Gasteiger partial charge is 0.279 e. The lowest BCUT2D eigenvalue weighted by Gasteiger charge is -2.24. The van der Waals surface area contributed by atoms with Crippen molar-refractivity contribution in [1.82, 2.24) is 13.9 Å². The molecule has 2 unspecified atom stereocenters. The van der Waals surface area contributed by atoms with Crippen LogP contribution in [0.1, 0.15) is 19.4 Å². The molecule has 1 aliphatic heterocycles. The quantitative estimate of drug-likeness (QED) is 0.769. The fraction of sp³-hybridized carbons (Fsp3) is 0.611. The molecule has 0 aliphatic carbocycles. The number of carbonyl (C=O) groups excluding carboxylic acids is 1. The van der Waals surface area contributed by atoms with E-state index in [1.54, 1.807) is 4.90 Å². The van der Waals surface area contributed by atoms with Crippen LogP contribution in [0.3, 0.4) is 0 Å². The molecule has 0 radical (unpaired) electrons. The number of hydrogen-bond donors (Lipinski definition) is 1. The van der Waals surface area contributed by atoms with E-state index in [4.69, 9.17) is 4.74 Å². The molecule has 0 saturated carbocycles. The third-order valence-corrected chi connectivity index (χ3v) is 6.30. The van der Waals surface area contributed by atoms with Crippen LogP contribution < -0.4 is 9.46 Å². The van der Waals surface area contributed by atoms with Gasteiger partial charge in [-0.2, -0.15) is 17.4 Å². The van der Waals surface area contributed by atoms with E-state index in [0.717, 1.165) is 9.87 Å². The van der Waals surface area contributed by atoms with Crippen LogP contribution in [0.25, 0.3) is 0 Å². The van der Waals surface area contributed by atoms with Gasteiger partial charge >= 0.3 is 0 Å². The van der Waals surface area contributed by atoms with Crippen molar-refractivity contribution in [3.8, 4) is 5.75 Å². The number of amides is 1. The van der Waals surface area contributed by atoms with Gasteiger partial charge in [0, 0.05) is 33.2 Å². The Kier molecular flexibility index (Phi) is 6.65. The van der Waals surface area contributed by atoms with Crippen molar-refractivity contribution in [2.75, 3.05) is 33.8 Å². The van der Waals surface area contributed by atoms with E-state index in [1.807, 2.05) is 45.0 Å². The van der Waals surface area contributed by atoms with E-state index in [2.05, 4.69) is 4.72 Å². The van der Waals surface area contributed by atoms with Crippen molar-refractivity contribution in [1.29, 1.82) is 0 Å². The second-order valence-corrected chi connectivity index (χ2v) is 9.24. The molecule has 8 heteroatoms. The van der Waals surface area contributed by atoms with Crippen molar-refractivity contribution < 1.29 is 17.9 Å². The zero-order chi connectivity index (χ0) is 19.5. The summed E-state index contributed by atoms with van der Waals surface area (Å²) in [4.78, 5) is 14.2. The highest BCUT2D eigenvalue weighted by atomic mass is 32.2. The van der Waals surface area contributed by atoms with Crippen LogP contribution in [-0.4, -0.2) is 63.4 Å². The number of likely N-dealkylation sites (tertiary alicyclic amines) is 1. The first-order valence-electron chi connectivity index (χ1n) is 8.77. The number of carbonyl (C=O) groups is 1. The van der Waals surface area contributed by atoms with Crippen molar-refractivity contribution in [3.63, 3.8) is 0 Å². The number of nitrogens with one attached hydrogen (secondary N) is 1. The fourth-order valence-corrected chi connectivity index (χ4v) is 3.84. The molecule has 26 heavy (non-hydrogen) atoms. The zero-order valence-electron chi connectivity index (χ0n) is 16.1. The molecule has 2 rings (SSSR count). The van der Waals surface area contributed by atoms with Crippen molar-refractivity contribution in [2.45, 2.75) is 26.8 Å². The van der Waals surface area contributed by atoms with Crippen LogP contribution in [0.5, 0.6) is 5.75 Å². The molecule has 0 spiro atoms. The third-order valence-electron chi connectivity index (χ3n) is 4.74. The Hall–Kier alpha value is -1.64. The van der Waals surface area contributed by atoms with E-state index >= 15 is 0 Å². The average Bonchev–Trinajstić information content (AvgIpc) is 2.97. The lowest BCUT2D eigenvalue weighted by molar-refractivity contribution is -0.132. The summed E-state index contributed by atoms with van der Waals surface area (Å²) in [6.07, 6.45) is 0. The van der Waals surface area contributed by atoms with Crippen molar-refractivity contribution in [2.24, 2.45) is 11.8 Å². The minimum absolute atomic E-state index is 0.0545. The molecule has 1 heterocycles. The molecule has 2 atom stereocenters. The fourth-order valence-electron chi connectivity index (χ4n) is 3.00. The standard InChI is InChI=1S/C18H29N3O4S/c1-13(2)16-10-21(11-17(16)19-26(23,24)20(4)5)18(22)12-25-15-8-6-14(3)7-9-15/h6-9,13,16-17,19H,10-12H2,1-5H3. The molecule has 0 bridgehead atoms. The normalized spacial score (nSPS) is 20.8. The Balaban J connectivity index is 1.99. The summed E-state index contributed by atoms with van der Waals surface area (Å²) in [5.41, 5.74) is 1.12. The Morgan fingerprint density at radius 3 is 2.42 bits per heavy atom. The monoisotopic (exact) mass is 383 g/mol. The Morgan fingerprint density at radius 2 is 1.88 bits per heavy atom. The lowest BCUT2D eigenvalue weighted by Crippen LogP contribution is -2.47. The van der Waals surface area contributed by atoms with Gasteiger partial charge in [0.15, 0.2) is 6.61 Å². The first-order valence-corrected chi connectivity index (χ1v) is 10.2. The third kappa shape index (κ3) is 5.18. The number of nitrogens with zero attached hydrogens (tertiary/aromatic N) is 2. The van der Waals surface area contributed by atoms with Crippen LogP contribution in [-0.2, 0) is 15.0 Å². The highest BCUT2D eigenvalue weighted by Gasteiger charge is 2.39. The van der Waals surface area contributed by atoms with Crippen LogP contribution in [0, 0.1) is 18.8 Å². The van der Waals surface area contributed by atoms with Crippen LogP contribution in [0.15, 0.2) is 24.3 Å². The van der Waals surface area contributed by atoms with E-state index in [-0.39, 0.29) is 30.4 Å². The largest absolute Gasteiger partial charge is 0.484 e. The summed E-state index contributed by atoms with van der Waals surface area (Å²) >= 11 is 0. The first kappa shape index (κ1) is 20.7. The number of rotatable bonds is 7. The van der Waals surface area contributed by atoms with Gasteiger partial charge in [-0.15, -0.1) is 0 Å². The second-order valence-electron chi connectivity index (χ2n) is 7.32. The molecule has 0 aromatic heterocycles. The maximum Gasteiger partial charge on any atom is 0.279 e. The van der Waals surface area contributed by atoms with E-state index in [1.165, 1.54) is 14.1 Å². The Bertz CT molecular complexity index is 716. The first-order chi connectivity index (χ1) is 12.1.